The van der Waals surface area contributed by atoms with Gasteiger partial charge in [-0.15, -0.1) is 0 Å². The van der Waals surface area contributed by atoms with E-state index in [0.29, 0.717) is 6.04 Å². The van der Waals surface area contributed by atoms with Gasteiger partial charge >= 0.3 is 0 Å². The van der Waals surface area contributed by atoms with E-state index < -0.39 is 0 Å². The van der Waals surface area contributed by atoms with Crippen molar-refractivity contribution in [2.24, 2.45) is 5.92 Å². The molecule has 88 valence electrons. The van der Waals surface area contributed by atoms with Gasteiger partial charge in [-0.05, 0) is 43.4 Å². The quantitative estimate of drug-likeness (QED) is 0.809. The maximum absolute atomic E-state index is 13.2. The fourth-order valence-corrected chi connectivity index (χ4v) is 2.66. The zero-order valence-electron chi connectivity index (χ0n) is 10.1. The van der Waals surface area contributed by atoms with Crippen molar-refractivity contribution in [2.75, 3.05) is 5.32 Å². The summed E-state index contributed by atoms with van der Waals surface area (Å²) < 4.78 is 13.2. The molecule has 1 saturated carbocycles. The molecule has 2 atom stereocenters. The molecule has 0 amide bonds. The van der Waals surface area contributed by atoms with Crippen LogP contribution in [-0.2, 0) is 0 Å². The lowest BCUT2D eigenvalue weighted by molar-refractivity contribution is 0.488. The molecule has 0 bridgehead atoms. The van der Waals surface area contributed by atoms with Gasteiger partial charge in [-0.3, -0.25) is 0 Å². The van der Waals surface area contributed by atoms with Gasteiger partial charge in [0.1, 0.15) is 5.82 Å². The number of anilines is 1. The summed E-state index contributed by atoms with van der Waals surface area (Å²) in [6, 6.07) is 5.51. The van der Waals surface area contributed by atoms with E-state index >= 15 is 0 Å². The lowest BCUT2D eigenvalue weighted by Gasteiger charge is -2.22. The van der Waals surface area contributed by atoms with Gasteiger partial charge in [0.2, 0.25) is 0 Å². The first-order valence-corrected chi connectivity index (χ1v) is 6.23. The van der Waals surface area contributed by atoms with E-state index in [2.05, 4.69) is 12.2 Å². The minimum Gasteiger partial charge on any atom is -0.382 e. The Morgan fingerprint density at radius 3 is 2.94 bits per heavy atom. The molecule has 2 heteroatoms. The first-order chi connectivity index (χ1) is 7.70. The van der Waals surface area contributed by atoms with E-state index in [1.54, 1.807) is 6.07 Å². The summed E-state index contributed by atoms with van der Waals surface area (Å²) >= 11 is 0. The molecular formula is C14H20FN. The van der Waals surface area contributed by atoms with Crippen LogP contribution in [0.15, 0.2) is 18.2 Å². The Balaban J connectivity index is 2.11. The Hall–Kier alpha value is -1.05. The van der Waals surface area contributed by atoms with Gasteiger partial charge in [0.15, 0.2) is 0 Å². The summed E-state index contributed by atoms with van der Waals surface area (Å²) in [5.74, 6) is 0.599. The third kappa shape index (κ3) is 2.37. The van der Waals surface area contributed by atoms with Crippen LogP contribution in [-0.4, -0.2) is 6.04 Å². The summed E-state index contributed by atoms with van der Waals surface area (Å²) in [4.78, 5) is 0. The number of halogens is 1. The van der Waals surface area contributed by atoms with Gasteiger partial charge in [-0.1, -0.05) is 25.8 Å². The maximum atomic E-state index is 13.2. The van der Waals surface area contributed by atoms with Crippen molar-refractivity contribution in [3.63, 3.8) is 0 Å². The molecule has 1 N–H and O–H groups in total. The molecule has 2 rings (SSSR count). The Morgan fingerprint density at radius 2 is 2.19 bits per heavy atom. The highest BCUT2D eigenvalue weighted by atomic mass is 19.1. The Bertz CT molecular complexity index is 362. The zero-order valence-corrected chi connectivity index (χ0v) is 10.1. The van der Waals surface area contributed by atoms with E-state index in [-0.39, 0.29) is 5.82 Å². The van der Waals surface area contributed by atoms with Gasteiger partial charge < -0.3 is 5.32 Å². The van der Waals surface area contributed by atoms with E-state index in [1.807, 2.05) is 13.0 Å². The van der Waals surface area contributed by atoms with Crippen molar-refractivity contribution in [3.05, 3.63) is 29.6 Å². The topological polar surface area (TPSA) is 12.0 Å². The molecule has 0 saturated heterocycles. The van der Waals surface area contributed by atoms with Crippen molar-refractivity contribution in [1.82, 2.24) is 0 Å². The van der Waals surface area contributed by atoms with Gasteiger partial charge in [-0.25, -0.2) is 4.39 Å². The molecule has 1 aromatic carbocycles. The minimum atomic E-state index is -0.154. The second-order valence-electron chi connectivity index (χ2n) is 4.81. The van der Waals surface area contributed by atoms with Crippen molar-refractivity contribution >= 4 is 5.69 Å². The maximum Gasteiger partial charge on any atom is 0.125 e. The predicted molar refractivity (Wildman–Crippen MR) is 66.2 cm³/mol. The van der Waals surface area contributed by atoms with Gasteiger partial charge in [0.25, 0.3) is 0 Å². The van der Waals surface area contributed by atoms with Crippen LogP contribution in [0, 0.1) is 18.7 Å². The number of nitrogens with one attached hydrogen (secondary N) is 1. The Morgan fingerprint density at radius 1 is 1.38 bits per heavy atom. The average Bonchev–Trinajstić information content (AvgIpc) is 2.71. The largest absolute Gasteiger partial charge is 0.382 e. The first-order valence-electron chi connectivity index (χ1n) is 6.23. The van der Waals surface area contributed by atoms with E-state index in [0.717, 1.165) is 17.2 Å². The van der Waals surface area contributed by atoms with Crippen LogP contribution in [0.2, 0.25) is 0 Å². The molecule has 0 radical (unpaired) electrons. The molecule has 0 aromatic heterocycles. The van der Waals surface area contributed by atoms with Crippen molar-refractivity contribution in [3.8, 4) is 0 Å². The summed E-state index contributed by atoms with van der Waals surface area (Å²) in [5, 5.41) is 3.51. The molecule has 2 unspecified atom stereocenters. The third-order valence-electron chi connectivity index (χ3n) is 3.72. The van der Waals surface area contributed by atoms with Crippen LogP contribution >= 0.6 is 0 Å². The van der Waals surface area contributed by atoms with Gasteiger partial charge in [0.05, 0.1) is 0 Å². The van der Waals surface area contributed by atoms with Crippen molar-refractivity contribution < 1.29 is 4.39 Å². The summed E-state index contributed by atoms with van der Waals surface area (Å²) in [6.45, 7) is 4.26. The number of aryl methyl sites for hydroxylation is 1. The fourth-order valence-electron chi connectivity index (χ4n) is 2.66. The van der Waals surface area contributed by atoms with Crippen molar-refractivity contribution in [2.45, 2.75) is 45.6 Å². The van der Waals surface area contributed by atoms with Gasteiger partial charge in [-0.2, -0.15) is 0 Å². The third-order valence-corrected chi connectivity index (χ3v) is 3.72. The van der Waals surface area contributed by atoms with Crippen LogP contribution in [0.25, 0.3) is 0 Å². The highest BCUT2D eigenvalue weighted by Gasteiger charge is 2.25. The Kier molecular flexibility index (Phi) is 3.47. The summed E-state index contributed by atoms with van der Waals surface area (Å²) in [6.07, 6.45) is 5.04. The fraction of sp³-hybridized carbons (Fsp3) is 0.571. The normalized spacial score (nSPS) is 24.7. The molecule has 1 nitrogen and oxygen atoms in total. The van der Waals surface area contributed by atoms with Crippen LogP contribution in [0.1, 0.15) is 38.2 Å². The van der Waals surface area contributed by atoms with Crippen LogP contribution < -0.4 is 5.32 Å². The molecule has 1 aliphatic rings. The number of benzene rings is 1. The summed E-state index contributed by atoms with van der Waals surface area (Å²) in [7, 11) is 0. The molecule has 0 spiro atoms. The average molecular weight is 221 g/mol. The summed E-state index contributed by atoms with van der Waals surface area (Å²) in [5.41, 5.74) is 2.09. The number of hydrogen-bond acceptors (Lipinski definition) is 1. The van der Waals surface area contributed by atoms with E-state index in [1.165, 1.54) is 31.7 Å². The molecule has 1 fully saturated rings. The van der Waals surface area contributed by atoms with Crippen LogP contribution in [0.4, 0.5) is 10.1 Å². The lowest BCUT2D eigenvalue weighted by Crippen LogP contribution is -2.23. The molecule has 1 aliphatic carbocycles. The molecule has 0 heterocycles. The van der Waals surface area contributed by atoms with Gasteiger partial charge in [0, 0.05) is 11.7 Å². The minimum absolute atomic E-state index is 0.154. The van der Waals surface area contributed by atoms with E-state index in [4.69, 9.17) is 0 Å². The Labute approximate surface area is 97.1 Å². The molecule has 1 aromatic rings. The zero-order chi connectivity index (χ0) is 11.5. The van der Waals surface area contributed by atoms with Crippen LogP contribution in [0.5, 0.6) is 0 Å². The highest BCUT2D eigenvalue weighted by Crippen LogP contribution is 2.31. The molecule has 0 aliphatic heterocycles. The van der Waals surface area contributed by atoms with E-state index in [9.17, 15) is 4.39 Å². The highest BCUT2D eigenvalue weighted by molar-refractivity contribution is 5.51. The monoisotopic (exact) mass is 221 g/mol. The van der Waals surface area contributed by atoms with Crippen LogP contribution in [0.3, 0.4) is 0 Å². The second kappa shape index (κ2) is 4.86. The number of rotatable bonds is 3. The molecular weight excluding hydrogens is 201 g/mol. The molecule has 16 heavy (non-hydrogen) atoms. The van der Waals surface area contributed by atoms with Crippen molar-refractivity contribution in [1.29, 1.82) is 0 Å². The second-order valence-corrected chi connectivity index (χ2v) is 4.81. The smallest absolute Gasteiger partial charge is 0.125 e. The standard InChI is InChI=1S/C14H20FN/c1-3-11-5-4-6-13(11)16-14-9-12(15)8-7-10(14)2/h7-9,11,13,16H,3-6H2,1-2H3. The number of hydrogen-bond donors (Lipinski definition) is 1. The SMILES string of the molecule is CCC1CCCC1Nc1cc(F)ccc1C. The lowest BCUT2D eigenvalue weighted by atomic mass is 10.00. The predicted octanol–water partition coefficient (Wildman–Crippen LogP) is 4.12. The first kappa shape index (κ1) is 11.4.